The summed E-state index contributed by atoms with van der Waals surface area (Å²) in [6.45, 7) is 1.92. The van der Waals surface area contributed by atoms with E-state index in [0.717, 1.165) is 5.56 Å². The molecule has 0 aliphatic heterocycles. The van der Waals surface area contributed by atoms with Gasteiger partial charge in [-0.3, -0.25) is 0 Å². The van der Waals surface area contributed by atoms with E-state index >= 15 is 0 Å². The van der Waals surface area contributed by atoms with Crippen LogP contribution >= 0.6 is 34.8 Å². The van der Waals surface area contributed by atoms with Gasteiger partial charge in [-0.2, -0.15) is 0 Å². The Bertz CT molecular complexity index is 538. The molecule has 0 fully saturated rings. The summed E-state index contributed by atoms with van der Waals surface area (Å²) in [6, 6.07) is 7.16. The third-order valence-corrected chi connectivity index (χ3v) is 3.29. The Morgan fingerprint density at radius 3 is 2.47 bits per heavy atom. The van der Waals surface area contributed by atoms with Crippen molar-refractivity contribution in [1.29, 1.82) is 0 Å². The highest BCUT2D eigenvalue weighted by Gasteiger charge is 2.08. The molecule has 17 heavy (non-hydrogen) atoms. The summed E-state index contributed by atoms with van der Waals surface area (Å²) in [7, 11) is 0. The van der Waals surface area contributed by atoms with Crippen LogP contribution in [0.2, 0.25) is 15.1 Å². The fourth-order valence-corrected chi connectivity index (χ4v) is 1.93. The van der Waals surface area contributed by atoms with Crippen molar-refractivity contribution in [1.82, 2.24) is 4.98 Å². The fraction of sp³-hybridized carbons (Fsp3) is 0.0833. The summed E-state index contributed by atoms with van der Waals surface area (Å²) >= 11 is 18.0. The average Bonchev–Trinajstić information content (AvgIpc) is 2.32. The Morgan fingerprint density at radius 1 is 1.06 bits per heavy atom. The molecule has 0 amide bonds. The molecule has 0 bridgehead atoms. The maximum Gasteiger partial charge on any atom is 0.130 e. The zero-order valence-corrected chi connectivity index (χ0v) is 11.2. The molecule has 1 aromatic carbocycles. The van der Waals surface area contributed by atoms with E-state index in [4.69, 9.17) is 34.8 Å². The van der Waals surface area contributed by atoms with Crippen molar-refractivity contribution in [3.8, 4) is 0 Å². The van der Waals surface area contributed by atoms with Gasteiger partial charge in [-0.25, -0.2) is 4.98 Å². The summed E-state index contributed by atoms with van der Waals surface area (Å²) in [6.07, 6.45) is 1.56. The molecule has 1 N–H and O–H groups in total. The first-order chi connectivity index (χ1) is 8.08. The Hall–Kier alpha value is -0.960. The van der Waals surface area contributed by atoms with Gasteiger partial charge in [0.15, 0.2) is 0 Å². The van der Waals surface area contributed by atoms with Gasteiger partial charge in [0.05, 0.1) is 20.8 Å². The van der Waals surface area contributed by atoms with Gasteiger partial charge < -0.3 is 5.32 Å². The minimum absolute atomic E-state index is 0.553. The lowest BCUT2D eigenvalue weighted by Gasteiger charge is -2.11. The predicted molar refractivity (Wildman–Crippen MR) is 73.7 cm³/mol. The highest BCUT2D eigenvalue weighted by atomic mass is 35.5. The number of aryl methyl sites for hydroxylation is 1. The maximum atomic E-state index is 6.18. The second kappa shape index (κ2) is 5.13. The van der Waals surface area contributed by atoms with E-state index < -0.39 is 0 Å². The molecule has 0 aliphatic carbocycles. The minimum atomic E-state index is 0.553. The topological polar surface area (TPSA) is 24.9 Å². The summed E-state index contributed by atoms with van der Waals surface area (Å²) in [5.41, 5.74) is 1.61. The molecular weight excluding hydrogens is 279 g/mol. The lowest BCUT2D eigenvalue weighted by atomic mass is 10.2. The molecule has 2 aromatic rings. The van der Waals surface area contributed by atoms with Gasteiger partial charge in [0, 0.05) is 6.20 Å². The molecule has 1 aromatic heterocycles. The van der Waals surface area contributed by atoms with Crippen LogP contribution in [-0.2, 0) is 0 Å². The Morgan fingerprint density at radius 2 is 1.82 bits per heavy atom. The number of rotatable bonds is 2. The van der Waals surface area contributed by atoms with Gasteiger partial charge in [-0.15, -0.1) is 0 Å². The molecule has 2 rings (SSSR count). The van der Waals surface area contributed by atoms with Crippen molar-refractivity contribution >= 4 is 46.3 Å². The van der Waals surface area contributed by atoms with Gasteiger partial charge >= 0.3 is 0 Å². The van der Waals surface area contributed by atoms with E-state index in [-0.39, 0.29) is 0 Å². The number of nitrogens with one attached hydrogen (secondary N) is 1. The van der Waals surface area contributed by atoms with E-state index in [1.807, 2.05) is 13.0 Å². The zero-order valence-electron chi connectivity index (χ0n) is 8.97. The molecule has 0 atom stereocenters. The summed E-state index contributed by atoms with van der Waals surface area (Å²) < 4.78 is 0. The molecule has 0 unspecified atom stereocenters. The first kappa shape index (κ1) is 12.5. The number of pyridine rings is 1. The number of anilines is 2. The number of halogens is 3. The van der Waals surface area contributed by atoms with E-state index in [9.17, 15) is 0 Å². The summed E-state index contributed by atoms with van der Waals surface area (Å²) in [5, 5.41) is 4.80. The molecule has 0 spiro atoms. The Kier molecular flexibility index (Phi) is 3.77. The molecule has 0 radical (unpaired) electrons. The third-order valence-electron chi connectivity index (χ3n) is 2.26. The molecule has 2 nitrogen and oxygen atoms in total. The Labute approximate surface area is 115 Å². The third kappa shape index (κ3) is 2.83. The van der Waals surface area contributed by atoms with Crippen LogP contribution in [0, 0.1) is 6.92 Å². The van der Waals surface area contributed by atoms with Crippen molar-refractivity contribution in [2.75, 3.05) is 5.32 Å². The number of nitrogens with zero attached hydrogens (tertiary/aromatic N) is 1. The second-order valence-corrected chi connectivity index (χ2v) is 4.76. The van der Waals surface area contributed by atoms with Crippen molar-refractivity contribution in [2.45, 2.75) is 6.92 Å². The van der Waals surface area contributed by atoms with Crippen LogP contribution in [0.5, 0.6) is 0 Å². The predicted octanol–water partition coefficient (Wildman–Crippen LogP) is 5.09. The molecule has 0 saturated heterocycles. The first-order valence-electron chi connectivity index (χ1n) is 4.91. The molecule has 1 heterocycles. The molecule has 88 valence electrons. The lowest BCUT2D eigenvalue weighted by Crippen LogP contribution is -1.95. The smallest absolute Gasteiger partial charge is 0.130 e. The van der Waals surface area contributed by atoms with Crippen LogP contribution in [0.3, 0.4) is 0 Å². The zero-order chi connectivity index (χ0) is 12.4. The van der Waals surface area contributed by atoms with Gasteiger partial charge in [0.1, 0.15) is 5.82 Å². The van der Waals surface area contributed by atoms with Crippen LogP contribution < -0.4 is 5.32 Å². The van der Waals surface area contributed by atoms with Crippen molar-refractivity contribution < 1.29 is 0 Å². The van der Waals surface area contributed by atoms with Gasteiger partial charge in [0.2, 0.25) is 0 Å². The normalized spacial score (nSPS) is 10.4. The monoisotopic (exact) mass is 286 g/mol. The minimum Gasteiger partial charge on any atom is -0.338 e. The fourth-order valence-electron chi connectivity index (χ4n) is 1.35. The average molecular weight is 288 g/mol. The van der Waals surface area contributed by atoms with Gasteiger partial charge in [-0.1, -0.05) is 40.9 Å². The van der Waals surface area contributed by atoms with Crippen molar-refractivity contribution in [2.24, 2.45) is 0 Å². The van der Waals surface area contributed by atoms with Crippen LogP contribution in [0.15, 0.2) is 30.5 Å². The van der Waals surface area contributed by atoms with E-state index in [2.05, 4.69) is 10.3 Å². The number of hydrogen-bond donors (Lipinski definition) is 1. The van der Waals surface area contributed by atoms with Crippen LogP contribution in [0.25, 0.3) is 0 Å². The molecule has 0 aliphatic rings. The van der Waals surface area contributed by atoms with Crippen LogP contribution in [-0.4, -0.2) is 4.98 Å². The maximum absolute atomic E-state index is 6.18. The lowest BCUT2D eigenvalue weighted by molar-refractivity contribution is 1.30. The van der Waals surface area contributed by atoms with E-state index in [0.29, 0.717) is 26.6 Å². The SMILES string of the molecule is Cc1ccc(Cl)c(Nc2ccc(Cl)cn2)c1Cl. The van der Waals surface area contributed by atoms with Gasteiger partial charge in [0.25, 0.3) is 0 Å². The Balaban J connectivity index is 2.36. The standard InChI is InChI=1S/C12H9Cl3N2/c1-7-2-4-9(14)12(11(7)15)17-10-5-3-8(13)6-16-10/h2-6H,1H3,(H,16,17). The largest absolute Gasteiger partial charge is 0.338 e. The highest BCUT2D eigenvalue weighted by molar-refractivity contribution is 6.39. The van der Waals surface area contributed by atoms with Crippen LogP contribution in [0.4, 0.5) is 11.5 Å². The quantitative estimate of drug-likeness (QED) is 0.832. The van der Waals surface area contributed by atoms with Crippen LogP contribution in [0.1, 0.15) is 5.56 Å². The molecule has 0 saturated carbocycles. The molecule has 5 heteroatoms. The molecular formula is C12H9Cl3N2. The van der Waals surface area contributed by atoms with E-state index in [1.54, 1.807) is 24.4 Å². The second-order valence-electron chi connectivity index (χ2n) is 3.54. The van der Waals surface area contributed by atoms with Crippen molar-refractivity contribution in [3.05, 3.63) is 51.1 Å². The van der Waals surface area contributed by atoms with Crippen molar-refractivity contribution in [3.63, 3.8) is 0 Å². The summed E-state index contributed by atoms with van der Waals surface area (Å²) in [5.74, 6) is 0.642. The van der Waals surface area contributed by atoms with Gasteiger partial charge in [-0.05, 0) is 30.7 Å². The first-order valence-corrected chi connectivity index (χ1v) is 6.04. The summed E-state index contributed by atoms with van der Waals surface area (Å²) in [4.78, 5) is 4.13. The highest BCUT2D eigenvalue weighted by Crippen LogP contribution is 2.34. The number of aromatic nitrogens is 1. The number of benzene rings is 1. The number of hydrogen-bond acceptors (Lipinski definition) is 2. The van der Waals surface area contributed by atoms with E-state index in [1.165, 1.54) is 0 Å².